The molecule has 0 fully saturated rings. The Bertz CT molecular complexity index is 619. The third-order valence-electron chi connectivity index (χ3n) is 3.39. The maximum absolute atomic E-state index is 12.1. The molecule has 0 aliphatic rings. The van der Waals surface area contributed by atoms with Gasteiger partial charge in [0, 0.05) is 0 Å². The van der Waals surface area contributed by atoms with Crippen molar-refractivity contribution >= 4 is 17.0 Å². The molecule has 0 aliphatic carbocycles. The molecule has 0 saturated carbocycles. The lowest BCUT2D eigenvalue weighted by molar-refractivity contribution is -0.149. The summed E-state index contributed by atoms with van der Waals surface area (Å²) in [5, 5.41) is 0. The summed E-state index contributed by atoms with van der Waals surface area (Å²) in [5.74, 6) is 0.662. The Kier molecular flexibility index (Phi) is 4.96. The first-order valence-corrected chi connectivity index (χ1v) is 7.29. The molecule has 21 heavy (non-hydrogen) atoms. The molecule has 1 aromatic carbocycles. The summed E-state index contributed by atoms with van der Waals surface area (Å²) < 4.78 is 7.33. The number of esters is 1. The van der Waals surface area contributed by atoms with Crippen molar-refractivity contribution < 1.29 is 9.53 Å². The van der Waals surface area contributed by atoms with E-state index in [0.717, 1.165) is 23.3 Å². The third kappa shape index (κ3) is 3.82. The molecule has 0 bridgehead atoms. The fraction of sp³-hybridized carbons (Fsp3) is 0.500. The minimum Gasteiger partial charge on any atom is -0.461 e. The summed E-state index contributed by atoms with van der Waals surface area (Å²) in [6.07, 6.45) is 0.769. The number of aromatic nitrogens is 2. The largest absolute Gasteiger partial charge is 0.461 e. The van der Waals surface area contributed by atoms with Gasteiger partial charge in [0.1, 0.15) is 12.4 Å². The first kappa shape index (κ1) is 15.5. The number of fused-ring (bicyclic) bond motifs is 1. The summed E-state index contributed by atoms with van der Waals surface area (Å²) >= 11 is 0. The molecule has 0 saturated heterocycles. The van der Waals surface area contributed by atoms with E-state index in [1.165, 1.54) is 0 Å². The number of para-hydroxylation sites is 2. The van der Waals surface area contributed by atoms with E-state index in [4.69, 9.17) is 4.74 Å². The van der Waals surface area contributed by atoms with Crippen LogP contribution in [0.1, 0.15) is 26.1 Å². The second-order valence-electron chi connectivity index (χ2n) is 5.55. The van der Waals surface area contributed by atoms with E-state index in [-0.39, 0.29) is 18.6 Å². The van der Waals surface area contributed by atoms with Crippen LogP contribution in [0.3, 0.4) is 0 Å². The fourth-order valence-electron chi connectivity index (χ4n) is 2.18. The number of carbonyl (C=O) groups excluding carboxylic acids is 1. The molecule has 1 unspecified atom stereocenters. The van der Waals surface area contributed by atoms with Gasteiger partial charge in [-0.15, -0.1) is 0 Å². The van der Waals surface area contributed by atoms with Gasteiger partial charge in [-0.3, -0.25) is 4.79 Å². The lowest BCUT2D eigenvalue weighted by atomic mass is 10.3. The molecule has 0 aliphatic heterocycles. The normalized spacial score (nSPS) is 12.8. The van der Waals surface area contributed by atoms with Crippen LogP contribution in [0, 0.1) is 0 Å². The molecule has 1 heterocycles. The average Bonchev–Trinajstić information content (AvgIpc) is 2.76. The Labute approximate surface area is 125 Å². The van der Waals surface area contributed by atoms with E-state index in [1.807, 2.05) is 61.7 Å². The minimum absolute atomic E-state index is 0.0513. The van der Waals surface area contributed by atoms with Gasteiger partial charge >= 0.3 is 5.97 Å². The highest BCUT2D eigenvalue weighted by atomic mass is 16.5. The van der Waals surface area contributed by atoms with Crippen molar-refractivity contribution in [2.24, 2.45) is 0 Å². The maximum Gasteiger partial charge on any atom is 0.326 e. The van der Waals surface area contributed by atoms with Gasteiger partial charge < -0.3 is 14.2 Å². The molecule has 2 rings (SSSR count). The van der Waals surface area contributed by atoms with Crippen LogP contribution in [0.2, 0.25) is 0 Å². The Balaban J connectivity index is 2.29. The number of ether oxygens (including phenoxy) is 1. The van der Waals surface area contributed by atoms with Crippen LogP contribution < -0.4 is 0 Å². The Hall–Kier alpha value is -1.88. The molecule has 0 spiro atoms. The molecular formula is C16H23N3O2. The van der Waals surface area contributed by atoms with Gasteiger partial charge in [0.15, 0.2) is 0 Å². The molecule has 0 radical (unpaired) electrons. The third-order valence-corrected chi connectivity index (χ3v) is 3.39. The first-order valence-electron chi connectivity index (χ1n) is 7.29. The Morgan fingerprint density at radius 1 is 1.38 bits per heavy atom. The SMILES string of the molecule is CCC(C)OC(=O)Cn1c(CN(C)C)nc2ccccc21. The standard InChI is InChI=1S/C16H23N3O2/c1-5-12(2)21-16(20)11-19-14-9-7-6-8-13(14)17-15(19)10-18(3)4/h6-9,12H,5,10-11H2,1-4H3. The van der Waals surface area contributed by atoms with E-state index < -0.39 is 0 Å². The molecule has 1 atom stereocenters. The van der Waals surface area contributed by atoms with E-state index >= 15 is 0 Å². The average molecular weight is 289 g/mol. The van der Waals surface area contributed by atoms with Crippen LogP contribution in [0.4, 0.5) is 0 Å². The molecule has 114 valence electrons. The lowest BCUT2D eigenvalue weighted by Crippen LogP contribution is -2.22. The molecule has 5 nitrogen and oxygen atoms in total. The monoisotopic (exact) mass is 289 g/mol. The number of hydrogen-bond donors (Lipinski definition) is 0. The van der Waals surface area contributed by atoms with Crippen molar-refractivity contribution in [1.29, 1.82) is 0 Å². The van der Waals surface area contributed by atoms with Crippen molar-refractivity contribution in [3.05, 3.63) is 30.1 Å². The van der Waals surface area contributed by atoms with Gasteiger partial charge in [-0.1, -0.05) is 19.1 Å². The van der Waals surface area contributed by atoms with Crippen molar-refractivity contribution in [1.82, 2.24) is 14.5 Å². The summed E-state index contributed by atoms with van der Waals surface area (Å²) in [7, 11) is 3.97. The Morgan fingerprint density at radius 3 is 2.76 bits per heavy atom. The highest BCUT2D eigenvalue weighted by Crippen LogP contribution is 2.17. The van der Waals surface area contributed by atoms with Gasteiger partial charge in [-0.2, -0.15) is 0 Å². The maximum atomic E-state index is 12.1. The highest BCUT2D eigenvalue weighted by molar-refractivity contribution is 5.79. The summed E-state index contributed by atoms with van der Waals surface area (Å²) in [5.41, 5.74) is 1.88. The van der Waals surface area contributed by atoms with Crippen molar-refractivity contribution in [3.8, 4) is 0 Å². The topological polar surface area (TPSA) is 47.4 Å². The number of nitrogens with zero attached hydrogens (tertiary/aromatic N) is 3. The molecule has 0 amide bonds. The van der Waals surface area contributed by atoms with Crippen LogP contribution in [0.15, 0.2) is 24.3 Å². The lowest BCUT2D eigenvalue weighted by Gasteiger charge is -2.14. The summed E-state index contributed by atoms with van der Waals surface area (Å²) in [6.45, 7) is 4.80. The predicted molar refractivity (Wildman–Crippen MR) is 83.0 cm³/mol. The fourth-order valence-corrected chi connectivity index (χ4v) is 2.18. The van der Waals surface area contributed by atoms with Crippen molar-refractivity contribution in [2.75, 3.05) is 14.1 Å². The van der Waals surface area contributed by atoms with Crippen LogP contribution in [0.25, 0.3) is 11.0 Å². The predicted octanol–water partition coefficient (Wildman–Crippen LogP) is 2.44. The quantitative estimate of drug-likeness (QED) is 0.766. The number of imidazole rings is 1. The van der Waals surface area contributed by atoms with Gasteiger partial charge in [-0.05, 0) is 39.6 Å². The zero-order valence-corrected chi connectivity index (χ0v) is 13.2. The zero-order chi connectivity index (χ0) is 15.4. The second-order valence-corrected chi connectivity index (χ2v) is 5.55. The van der Waals surface area contributed by atoms with Gasteiger partial charge in [-0.25, -0.2) is 4.98 Å². The van der Waals surface area contributed by atoms with E-state index in [9.17, 15) is 4.79 Å². The van der Waals surface area contributed by atoms with Crippen LogP contribution in [-0.4, -0.2) is 40.6 Å². The van der Waals surface area contributed by atoms with Gasteiger partial charge in [0.05, 0.1) is 23.7 Å². The highest BCUT2D eigenvalue weighted by Gasteiger charge is 2.16. The number of hydrogen-bond acceptors (Lipinski definition) is 4. The van der Waals surface area contributed by atoms with Crippen LogP contribution >= 0.6 is 0 Å². The molecular weight excluding hydrogens is 266 g/mol. The minimum atomic E-state index is -0.215. The van der Waals surface area contributed by atoms with E-state index in [2.05, 4.69) is 4.98 Å². The smallest absolute Gasteiger partial charge is 0.326 e. The number of carbonyl (C=O) groups is 1. The summed E-state index contributed by atoms with van der Waals surface area (Å²) in [6, 6.07) is 7.86. The first-order chi connectivity index (χ1) is 10.0. The number of rotatable bonds is 6. The molecule has 1 aromatic heterocycles. The Morgan fingerprint density at radius 2 is 2.10 bits per heavy atom. The van der Waals surface area contributed by atoms with Gasteiger partial charge in [0.2, 0.25) is 0 Å². The summed E-state index contributed by atoms with van der Waals surface area (Å²) in [4.78, 5) is 18.7. The molecule has 2 aromatic rings. The van der Waals surface area contributed by atoms with Crippen molar-refractivity contribution in [3.63, 3.8) is 0 Å². The zero-order valence-electron chi connectivity index (χ0n) is 13.2. The van der Waals surface area contributed by atoms with E-state index in [1.54, 1.807) is 0 Å². The van der Waals surface area contributed by atoms with Crippen molar-refractivity contribution in [2.45, 2.75) is 39.5 Å². The molecule has 0 N–H and O–H groups in total. The van der Waals surface area contributed by atoms with E-state index in [0.29, 0.717) is 6.54 Å². The van der Waals surface area contributed by atoms with Gasteiger partial charge in [0.25, 0.3) is 0 Å². The number of benzene rings is 1. The van der Waals surface area contributed by atoms with Crippen LogP contribution in [0.5, 0.6) is 0 Å². The van der Waals surface area contributed by atoms with Crippen LogP contribution in [-0.2, 0) is 22.6 Å². The second kappa shape index (κ2) is 6.72. The molecule has 5 heteroatoms.